The summed E-state index contributed by atoms with van der Waals surface area (Å²) >= 11 is 1.62. The normalized spacial score (nSPS) is 17.4. The second-order valence-corrected chi connectivity index (χ2v) is 4.62. The molecule has 0 aromatic heterocycles. The molecule has 0 amide bonds. The summed E-state index contributed by atoms with van der Waals surface area (Å²) in [7, 11) is 4.99. The Balaban J connectivity index is 0.000000791. The maximum atomic E-state index is 7.00. The lowest BCUT2D eigenvalue weighted by molar-refractivity contribution is -0.456. The summed E-state index contributed by atoms with van der Waals surface area (Å²) in [6, 6.07) is 0. The van der Waals surface area contributed by atoms with Gasteiger partial charge in [-0.15, -0.1) is 0 Å². The molecule has 0 aromatic carbocycles. The first-order chi connectivity index (χ1) is 6.49. The highest BCUT2D eigenvalue weighted by Crippen LogP contribution is 2.26. The van der Waals surface area contributed by atoms with Gasteiger partial charge in [0.25, 0.3) is 0 Å². The van der Waals surface area contributed by atoms with Gasteiger partial charge in [-0.25, -0.2) is 4.58 Å². The van der Waals surface area contributed by atoms with E-state index in [1.54, 1.807) is 11.8 Å². The summed E-state index contributed by atoms with van der Waals surface area (Å²) in [5.74, 6) is 0. The van der Waals surface area contributed by atoms with Crippen molar-refractivity contribution in [3.05, 3.63) is 0 Å². The molecule has 0 unspecified atom stereocenters. The molecule has 0 saturated heterocycles. The second kappa shape index (κ2) is 6.03. The molecule has 82 valence electrons. The molecule has 0 saturated carbocycles. The zero-order valence-corrected chi connectivity index (χ0v) is 10.3. The SMILES string of the molecule is CO.C[N+](C)=CSC1=NOC(C)(C)C1. The van der Waals surface area contributed by atoms with Crippen molar-refractivity contribution in [3.63, 3.8) is 0 Å². The van der Waals surface area contributed by atoms with Gasteiger partial charge in [0.2, 0.25) is 5.55 Å². The average molecular weight is 219 g/mol. The Labute approximate surface area is 89.6 Å². The van der Waals surface area contributed by atoms with Gasteiger partial charge in [-0.3, -0.25) is 0 Å². The highest BCUT2D eigenvalue weighted by atomic mass is 32.2. The van der Waals surface area contributed by atoms with Gasteiger partial charge < -0.3 is 9.94 Å². The fourth-order valence-corrected chi connectivity index (χ4v) is 1.68. The van der Waals surface area contributed by atoms with Crippen LogP contribution in [0.2, 0.25) is 0 Å². The van der Waals surface area contributed by atoms with Crippen LogP contribution >= 0.6 is 11.8 Å². The van der Waals surface area contributed by atoms with Crippen LogP contribution in [0.3, 0.4) is 0 Å². The Kier molecular flexibility index (Phi) is 5.79. The molecule has 0 spiro atoms. The van der Waals surface area contributed by atoms with E-state index < -0.39 is 0 Å². The molecule has 1 N–H and O–H groups in total. The van der Waals surface area contributed by atoms with E-state index in [0.717, 1.165) is 18.6 Å². The third-order valence-corrected chi connectivity index (χ3v) is 2.39. The molecule has 1 aliphatic heterocycles. The van der Waals surface area contributed by atoms with Crippen LogP contribution in [0, 0.1) is 0 Å². The van der Waals surface area contributed by atoms with Crippen molar-refractivity contribution in [2.75, 3.05) is 21.2 Å². The van der Waals surface area contributed by atoms with Crippen molar-refractivity contribution >= 4 is 22.4 Å². The first-order valence-corrected chi connectivity index (χ1v) is 5.24. The van der Waals surface area contributed by atoms with Gasteiger partial charge in [0.15, 0.2) is 0 Å². The third kappa shape index (κ3) is 5.24. The predicted molar refractivity (Wildman–Crippen MR) is 61.1 cm³/mol. The molecule has 0 aromatic rings. The Hall–Kier alpha value is -0.550. The Morgan fingerprint density at radius 1 is 1.50 bits per heavy atom. The van der Waals surface area contributed by atoms with E-state index in [-0.39, 0.29) is 5.60 Å². The number of thioether (sulfide) groups is 1. The molecule has 0 bridgehead atoms. The van der Waals surface area contributed by atoms with Crippen molar-refractivity contribution in [3.8, 4) is 0 Å². The minimum atomic E-state index is -0.109. The fraction of sp³-hybridized carbons (Fsp3) is 0.778. The van der Waals surface area contributed by atoms with Gasteiger partial charge in [-0.2, -0.15) is 0 Å². The van der Waals surface area contributed by atoms with E-state index in [9.17, 15) is 0 Å². The third-order valence-electron chi connectivity index (χ3n) is 1.37. The maximum Gasteiger partial charge on any atom is 0.203 e. The van der Waals surface area contributed by atoms with E-state index in [1.807, 2.05) is 38.1 Å². The number of rotatable bonds is 1. The van der Waals surface area contributed by atoms with Crippen LogP contribution in [0.25, 0.3) is 0 Å². The van der Waals surface area contributed by atoms with Gasteiger partial charge >= 0.3 is 0 Å². The van der Waals surface area contributed by atoms with Crippen molar-refractivity contribution in [1.29, 1.82) is 0 Å². The number of oxime groups is 1. The van der Waals surface area contributed by atoms with Crippen LogP contribution in [0.1, 0.15) is 20.3 Å². The van der Waals surface area contributed by atoms with E-state index in [1.165, 1.54) is 0 Å². The average Bonchev–Trinajstić information content (AvgIpc) is 2.46. The second-order valence-electron chi connectivity index (χ2n) is 3.70. The van der Waals surface area contributed by atoms with E-state index in [0.29, 0.717) is 0 Å². The molecule has 5 heteroatoms. The molecular weight excluding hydrogens is 200 g/mol. The first kappa shape index (κ1) is 13.4. The summed E-state index contributed by atoms with van der Waals surface area (Å²) in [5.41, 5.74) is 1.91. The van der Waals surface area contributed by atoms with Gasteiger partial charge in [-0.05, 0) is 25.6 Å². The van der Waals surface area contributed by atoms with Gasteiger partial charge in [0.1, 0.15) is 24.7 Å². The number of nitrogens with zero attached hydrogens (tertiary/aromatic N) is 2. The van der Waals surface area contributed by atoms with Crippen LogP contribution in [-0.2, 0) is 4.84 Å². The number of hydrogen-bond donors (Lipinski definition) is 1. The smallest absolute Gasteiger partial charge is 0.203 e. The predicted octanol–water partition coefficient (Wildman–Crippen LogP) is 1.14. The topological polar surface area (TPSA) is 44.8 Å². The molecule has 14 heavy (non-hydrogen) atoms. The van der Waals surface area contributed by atoms with Crippen molar-refractivity contribution in [1.82, 2.24) is 0 Å². The Morgan fingerprint density at radius 3 is 2.43 bits per heavy atom. The van der Waals surface area contributed by atoms with Gasteiger partial charge in [-0.1, -0.05) is 5.16 Å². The number of hydrogen-bond acceptors (Lipinski definition) is 4. The lowest BCUT2D eigenvalue weighted by Crippen LogP contribution is -2.18. The largest absolute Gasteiger partial charge is 0.400 e. The highest BCUT2D eigenvalue weighted by Gasteiger charge is 2.29. The van der Waals surface area contributed by atoms with Crippen LogP contribution < -0.4 is 0 Å². The van der Waals surface area contributed by atoms with Crippen LogP contribution in [0.4, 0.5) is 0 Å². The number of aliphatic hydroxyl groups is 1. The molecule has 1 rings (SSSR count). The molecule has 1 aliphatic rings. The highest BCUT2D eigenvalue weighted by molar-refractivity contribution is 8.24. The summed E-state index contributed by atoms with van der Waals surface area (Å²) < 4.78 is 2.00. The fourth-order valence-electron chi connectivity index (χ4n) is 0.833. The molecule has 0 atom stereocenters. The summed E-state index contributed by atoms with van der Waals surface area (Å²) in [5, 5.41) is 12.0. The summed E-state index contributed by atoms with van der Waals surface area (Å²) in [4.78, 5) is 5.21. The summed E-state index contributed by atoms with van der Waals surface area (Å²) in [6.45, 7) is 4.08. The van der Waals surface area contributed by atoms with Crippen LogP contribution in [0.15, 0.2) is 5.16 Å². The standard InChI is InChI=1S/C8H15N2OS.CH4O/c1-8(2)5-7(9-11-8)12-6-10(3)4;1-2/h6H,5H2,1-4H3;2H,1H3/q+1;. The van der Waals surface area contributed by atoms with Crippen molar-refractivity contribution in [2.24, 2.45) is 5.16 Å². The van der Waals surface area contributed by atoms with Crippen LogP contribution in [-0.4, -0.2) is 47.1 Å². The molecular formula is C9H19N2O2S+. The molecule has 4 nitrogen and oxygen atoms in total. The molecule has 1 heterocycles. The maximum absolute atomic E-state index is 7.00. The lowest BCUT2D eigenvalue weighted by atomic mass is 10.1. The Bertz CT molecular complexity index is 233. The van der Waals surface area contributed by atoms with Crippen molar-refractivity contribution < 1.29 is 14.5 Å². The first-order valence-electron chi connectivity index (χ1n) is 4.36. The quantitative estimate of drug-likeness (QED) is 0.408. The molecule has 0 aliphatic carbocycles. The minimum Gasteiger partial charge on any atom is -0.400 e. The van der Waals surface area contributed by atoms with Gasteiger partial charge in [0, 0.05) is 13.5 Å². The molecule has 0 fully saturated rings. The number of aliphatic hydroxyl groups excluding tert-OH is 1. The van der Waals surface area contributed by atoms with Gasteiger partial charge in [0.05, 0.1) is 0 Å². The van der Waals surface area contributed by atoms with Crippen molar-refractivity contribution in [2.45, 2.75) is 25.9 Å². The Morgan fingerprint density at radius 2 is 2.07 bits per heavy atom. The van der Waals surface area contributed by atoms with Crippen LogP contribution in [0.5, 0.6) is 0 Å². The minimum absolute atomic E-state index is 0.109. The van der Waals surface area contributed by atoms with E-state index >= 15 is 0 Å². The van der Waals surface area contributed by atoms with E-state index in [2.05, 4.69) is 5.16 Å². The monoisotopic (exact) mass is 219 g/mol. The summed E-state index contributed by atoms with van der Waals surface area (Å²) in [6.07, 6.45) is 0.905. The zero-order valence-electron chi connectivity index (χ0n) is 9.44. The van der Waals surface area contributed by atoms with E-state index in [4.69, 9.17) is 9.94 Å². The lowest BCUT2D eigenvalue weighted by Gasteiger charge is -2.12. The zero-order chi connectivity index (χ0) is 11.2. The molecule has 0 radical (unpaired) electrons.